The van der Waals surface area contributed by atoms with Gasteiger partial charge in [0.05, 0.1) is 12.6 Å². The molecule has 1 rings (SSSR count). The molecule has 17 heavy (non-hydrogen) atoms. The maximum Gasteiger partial charge on any atom is 0.234 e. The van der Waals surface area contributed by atoms with Crippen molar-refractivity contribution in [3.05, 3.63) is 35.9 Å². The number of nitrogens with two attached hydrogens (primary N) is 1. The van der Waals surface area contributed by atoms with E-state index >= 15 is 0 Å². The molecular formula is C12H16N2O2S. The summed E-state index contributed by atoms with van der Waals surface area (Å²) in [7, 11) is 0. The van der Waals surface area contributed by atoms with E-state index in [0.29, 0.717) is 5.75 Å². The summed E-state index contributed by atoms with van der Waals surface area (Å²) in [5, 5.41) is 2.55. The normalized spacial score (nSPS) is 11.8. The summed E-state index contributed by atoms with van der Waals surface area (Å²) in [5.41, 5.74) is 6.36. The molecule has 1 aromatic rings. The highest BCUT2D eigenvalue weighted by atomic mass is 32.2. The van der Waals surface area contributed by atoms with Gasteiger partial charge < -0.3 is 15.8 Å². The Morgan fingerprint density at radius 2 is 2.12 bits per heavy atom. The molecule has 0 fully saturated rings. The third kappa shape index (κ3) is 5.51. The summed E-state index contributed by atoms with van der Waals surface area (Å²) in [6.45, 7) is -0.0896. The van der Waals surface area contributed by atoms with E-state index in [1.807, 2.05) is 30.3 Å². The molecule has 0 saturated heterocycles. The minimum atomic E-state index is -0.459. The zero-order chi connectivity index (χ0) is 12.5. The van der Waals surface area contributed by atoms with Crippen LogP contribution in [0.15, 0.2) is 30.3 Å². The first-order valence-corrected chi connectivity index (χ1v) is 6.48. The molecule has 0 bridgehead atoms. The van der Waals surface area contributed by atoms with Gasteiger partial charge in [0.25, 0.3) is 0 Å². The summed E-state index contributed by atoms with van der Waals surface area (Å²) in [6.07, 6.45) is 0.742. The van der Waals surface area contributed by atoms with Crippen LogP contribution >= 0.6 is 11.8 Å². The SMILES string of the molecule is NCC(=O)N[C@H](C=O)CSCc1ccccc1. The van der Waals surface area contributed by atoms with Gasteiger partial charge >= 0.3 is 0 Å². The minimum Gasteiger partial charge on any atom is -0.345 e. The fraction of sp³-hybridized carbons (Fsp3) is 0.333. The molecule has 0 aliphatic rings. The van der Waals surface area contributed by atoms with Crippen LogP contribution in [0.3, 0.4) is 0 Å². The fourth-order valence-electron chi connectivity index (χ4n) is 1.26. The summed E-state index contributed by atoms with van der Waals surface area (Å²) in [6, 6.07) is 9.51. The van der Waals surface area contributed by atoms with Gasteiger partial charge in [0.1, 0.15) is 6.29 Å². The molecule has 1 aromatic carbocycles. The van der Waals surface area contributed by atoms with Crippen LogP contribution in [0.5, 0.6) is 0 Å². The lowest BCUT2D eigenvalue weighted by atomic mass is 10.2. The summed E-state index contributed by atoms with van der Waals surface area (Å²) >= 11 is 1.60. The van der Waals surface area contributed by atoms with E-state index in [1.165, 1.54) is 5.56 Å². The second-order valence-corrected chi connectivity index (χ2v) is 4.55. The van der Waals surface area contributed by atoms with Crippen LogP contribution in [0, 0.1) is 0 Å². The molecule has 0 heterocycles. The van der Waals surface area contributed by atoms with Gasteiger partial charge in [-0.1, -0.05) is 30.3 Å². The van der Waals surface area contributed by atoms with Crippen molar-refractivity contribution in [3.8, 4) is 0 Å². The van der Waals surface area contributed by atoms with Crippen molar-refractivity contribution in [2.75, 3.05) is 12.3 Å². The first kappa shape index (κ1) is 13.7. The molecule has 4 nitrogen and oxygen atoms in total. The second-order valence-electron chi connectivity index (χ2n) is 3.51. The number of rotatable bonds is 7. The summed E-state index contributed by atoms with van der Waals surface area (Å²) < 4.78 is 0. The Balaban J connectivity index is 2.29. The minimum absolute atomic E-state index is 0.0896. The highest BCUT2D eigenvalue weighted by molar-refractivity contribution is 7.98. The second kappa shape index (κ2) is 7.86. The number of benzene rings is 1. The predicted molar refractivity (Wildman–Crippen MR) is 69.7 cm³/mol. The number of hydrogen-bond acceptors (Lipinski definition) is 4. The van der Waals surface area contributed by atoms with E-state index in [2.05, 4.69) is 5.32 Å². The quantitative estimate of drug-likeness (QED) is 0.696. The number of thioether (sulfide) groups is 1. The Hall–Kier alpha value is -1.33. The largest absolute Gasteiger partial charge is 0.345 e. The van der Waals surface area contributed by atoms with Crippen LogP contribution in [0.25, 0.3) is 0 Å². The number of amides is 1. The Morgan fingerprint density at radius 1 is 1.41 bits per heavy atom. The van der Waals surface area contributed by atoms with Crippen molar-refractivity contribution in [3.63, 3.8) is 0 Å². The van der Waals surface area contributed by atoms with E-state index in [0.717, 1.165) is 12.0 Å². The molecule has 1 amide bonds. The van der Waals surface area contributed by atoms with Crippen molar-refractivity contribution in [2.24, 2.45) is 5.73 Å². The molecule has 0 unspecified atom stereocenters. The highest BCUT2D eigenvalue weighted by Gasteiger charge is 2.09. The van der Waals surface area contributed by atoms with E-state index in [9.17, 15) is 9.59 Å². The molecular weight excluding hydrogens is 236 g/mol. The van der Waals surface area contributed by atoms with Crippen LogP contribution < -0.4 is 11.1 Å². The van der Waals surface area contributed by atoms with Gasteiger partial charge in [0, 0.05) is 11.5 Å². The Bertz CT molecular complexity index is 357. The van der Waals surface area contributed by atoms with Crippen molar-refractivity contribution >= 4 is 24.0 Å². The standard InChI is InChI=1S/C12H16N2O2S/c13-6-12(16)14-11(7-15)9-17-8-10-4-2-1-3-5-10/h1-5,7,11H,6,8-9,13H2,(H,14,16)/t11-/m1/s1. The van der Waals surface area contributed by atoms with Gasteiger partial charge in [0.2, 0.25) is 5.91 Å². The van der Waals surface area contributed by atoms with Crippen LogP contribution in [-0.2, 0) is 15.3 Å². The maximum absolute atomic E-state index is 11.0. The van der Waals surface area contributed by atoms with Gasteiger partial charge in [-0.15, -0.1) is 0 Å². The van der Waals surface area contributed by atoms with Crippen LogP contribution in [0.4, 0.5) is 0 Å². The van der Waals surface area contributed by atoms with Crippen LogP contribution in [-0.4, -0.2) is 30.5 Å². The van der Waals surface area contributed by atoms with E-state index in [4.69, 9.17) is 5.73 Å². The van der Waals surface area contributed by atoms with Gasteiger partial charge in [0.15, 0.2) is 0 Å². The average Bonchev–Trinajstić information content (AvgIpc) is 2.38. The number of nitrogens with one attached hydrogen (secondary N) is 1. The molecule has 0 radical (unpaired) electrons. The number of hydrogen-bond donors (Lipinski definition) is 2. The van der Waals surface area contributed by atoms with Crippen molar-refractivity contribution in [2.45, 2.75) is 11.8 Å². The average molecular weight is 252 g/mol. The zero-order valence-corrected chi connectivity index (χ0v) is 10.3. The smallest absolute Gasteiger partial charge is 0.234 e. The Kier molecular flexibility index (Phi) is 6.35. The van der Waals surface area contributed by atoms with Crippen molar-refractivity contribution in [1.82, 2.24) is 5.32 Å². The van der Waals surface area contributed by atoms with Crippen molar-refractivity contribution in [1.29, 1.82) is 0 Å². The first-order valence-electron chi connectivity index (χ1n) is 5.32. The van der Waals surface area contributed by atoms with Gasteiger partial charge in [-0.2, -0.15) is 11.8 Å². The van der Waals surface area contributed by atoms with Crippen molar-refractivity contribution < 1.29 is 9.59 Å². The third-order valence-electron chi connectivity index (χ3n) is 2.11. The lowest BCUT2D eigenvalue weighted by molar-refractivity contribution is -0.122. The van der Waals surface area contributed by atoms with Gasteiger partial charge in [-0.05, 0) is 5.56 Å². The lowest BCUT2D eigenvalue weighted by Crippen LogP contribution is -2.41. The Labute approximate surface area is 105 Å². The highest BCUT2D eigenvalue weighted by Crippen LogP contribution is 2.12. The molecule has 5 heteroatoms. The van der Waals surface area contributed by atoms with E-state index in [-0.39, 0.29) is 12.5 Å². The summed E-state index contributed by atoms with van der Waals surface area (Å²) in [5.74, 6) is 1.08. The number of carbonyl (C=O) groups excluding carboxylic acids is 2. The number of carbonyl (C=O) groups is 2. The van der Waals surface area contributed by atoms with Crippen LogP contribution in [0.1, 0.15) is 5.56 Å². The third-order valence-corrected chi connectivity index (χ3v) is 3.24. The molecule has 0 aliphatic heterocycles. The topological polar surface area (TPSA) is 72.2 Å². The number of aldehydes is 1. The predicted octanol–water partition coefficient (Wildman–Crippen LogP) is 0.562. The molecule has 0 aliphatic carbocycles. The first-order chi connectivity index (χ1) is 8.26. The summed E-state index contributed by atoms with van der Waals surface area (Å²) in [4.78, 5) is 21.7. The maximum atomic E-state index is 11.0. The molecule has 1 atom stereocenters. The molecule has 3 N–H and O–H groups in total. The zero-order valence-electron chi connectivity index (χ0n) is 9.46. The molecule has 0 aromatic heterocycles. The molecule has 92 valence electrons. The van der Waals surface area contributed by atoms with Crippen LogP contribution in [0.2, 0.25) is 0 Å². The van der Waals surface area contributed by atoms with E-state index in [1.54, 1.807) is 11.8 Å². The lowest BCUT2D eigenvalue weighted by Gasteiger charge is -2.11. The monoisotopic (exact) mass is 252 g/mol. The van der Waals surface area contributed by atoms with E-state index < -0.39 is 6.04 Å². The van der Waals surface area contributed by atoms with Gasteiger partial charge in [-0.3, -0.25) is 4.79 Å². The Morgan fingerprint density at radius 3 is 2.71 bits per heavy atom. The molecule has 0 spiro atoms. The fourth-order valence-corrected chi connectivity index (χ4v) is 2.22. The van der Waals surface area contributed by atoms with Gasteiger partial charge in [-0.25, -0.2) is 0 Å². The molecule has 0 saturated carbocycles.